The number of carbonyl (C=O) groups is 1. The van der Waals surface area contributed by atoms with Crippen molar-refractivity contribution in [1.29, 1.82) is 0 Å². The van der Waals surface area contributed by atoms with Gasteiger partial charge in [0.05, 0.1) is 5.78 Å². The Labute approximate surface area is 68.2 Å². The average Bonchev–Trinajstić information content (AvgIpc) is 1.93. The number of terminal acetylenes is 1. The molecule has 0 bridgehead atoms. The van der Waals surface area contributed by atoms with E-state index in [4.69, 9.17) is 6.42 Å². The standard InChI is InChI=1S/C8H10NOP/c1-2-3-4-7(10)9-8-5-6-11-8/h1,6,8H,3-5H2,(H,9,10). The van der Waals surface area contributed by atoms with E-state index >= 15 is 0 Å². The fourth-order valence-electron chi connectivity index (χ4n) is 0.751. The lowest BCUT2D eigenvalue weighted by Crippen LogP contribution is -2.33. The molecule has 11 heavy (non-hydrogen) atoms. The fraction of sp³-hybridized carbons (Fsp3) is 0.500. The van der Waals surface area contributed by atoms with Crippen LogP contribution in [-0.2, 0) is 4.79 Å². The van der Waals surface area contributed by atoms with E-state index in [0.29, 0.717) is 18.6 Å². The zero-order valence-corrected chi connectivity index (χ0v) is 7.10. The van der Waals surface area contributed by atoms with E-state index in [1.165, 1.54) is 8.20 Å². The van der Waals surface area contributed by atoms with Crippen molar-refractivity contribution in [2.75, 3.05) is 0 Å². The molecule has 0 saturated carbocycles. The van der Waals surface area contributed by atoms with Crippen molar-refractivity contribution in [3.63, 3.8) is 0 Å². The molecule has 1 aliphatic rings. The number of rotatable bonds is 3. The summed E-state index contributed by atoms with van der Waals surface area (Å²) in [5, 5.41) is 2.87. The smallest absolute Gasteiger partial charge is 0.221 e. The van der Waals surface area contributed by atoms with Crippen LogP contribution in [0.4, 0.5) is 0 Å². The van der Waals surface area contributed by atoms with Crippen LogP contribution in [0.5, 0.6) is 0 Å². The highest BCUT2D eigenvalue weighted by Crippen LogP contribution is 2.18. The molecule has 3 heteroatoms. The van der Waals surface area contributed by atoms with Gasteiger partial charge in [0, 0.05) is 12.8 Å². The summed E-state index contributed by atoms with van der Waals surface area (Å²) >= 11 is 0. The van der Waals surface area contributed by atoms with Crippen LogP contribution in [0.1, 0.15) is 19.3 Å². The van der Waals surface area contributed by atoms with Gasteiger partial charge >= 0.3 is 0 Å². The molecule has 0 aromatic heterocycles. The molecular formula is C8H10NOP. The monoisotopic (exact) mass is 167 g/mol. The molecule has 2 nitrogen and oxygen atoms in total. The first-order valence-electron chi connectivity index (χ1n) is 3.57. The van der Waals surface area contributed by atoms with Crippen LogP contribution in [-0.4, -0.2) is 17.5 Å². The van der Waals surface area contributed by atoms with Gasteiger partial charge in [-0.2, -0.15) is 0 Å². The Morgan fingerprint density at radius 3 is 3.09 bits per heavy atom. The van der Waals surface area contributed by atoms with Crippen LogP contribution >= 0.6 is 8.20 Å². The third-order valence-electron chi connectivity index (χ3n) is 1.44. The van der Waals surface area contributed by atoms with Crippen LogP contribution in [0.25, 0.3) is 0 Å². The maximum Gasteiger partial charge on any atom is 0.221 e. The van der Waals surface area contributed by atoms with Gasteiger partial charge in [-0.25, -0.2) is 0 Å². The molecule has 0 radical (unpaired) electrons. The molecule has 58 valence electrons. The van der Waals surface area contributed by atoms with Gasteiger partial charge in [0.1, 0.15) is 0 Å². The molecule has 1 N–H and O–H groups in total. The first kappa shape index (κ1) is 8.30. The molecule has 0 fully saturated rings. The van der Waals surface area contributed by atoms with Crippen LogP contribution < -0.4 is 5.32 Å². The number of hydrogen-bond acceptors (Lipinski definition) is 1. The van der Waals surface area contributed by atoms with Gasteiger partial charge in [-0.05, 0) is 6.42 Å². The lowest BCUT2D eigenvalue weighted by Gasteiger charge is -2.17. The van der Waals surface area contributed by atoms with Crippen molar-refractivity contribution in [3.8, 4) is 12.3 Å². The third kappa shape index (κ3) is 2.74. The summed E-state index contributed by atoms with van der Waals surface area (Å²) in [4.78, 5) is 11.0. The first-order chi connectivity index (χ1) is 5.33. The molecule has 1 aliphatic heterocycles. The Morgan fingerprint density at radius 1 is 1.91 bits per heavy atom. The van der Waals surface area contributed by atoms with E-state index in [-0.39, 0.29) is 5.91 Å². The Hall–Kier alpha value is -0.800. The molecule has 1 rings (SSSR count). The predicted octanol–water partition coefficient (Wildman–Crippen LogP) is 0.994. The molecule has 1 atom stereocenters. The van der Waals surface area contributed by atoms with Crippen molar-refractivity contribution in [2.45, 2.75) is 25.0 Å². The highest BCUT2D eigenvalue weighted by atomic mass is 31.1. The van der Waals surface area contributed by atoms with Gasteiger partial charge in [-0.3, -0.25) is 4.79 Å². The van der Waals surface area contributed by atoms with E-state index in [9.17, 15) is 4.79 Å². The summed E-state index contributed by atoms with van der Waals surface area (Å²) in [6.07, 6.45) is 7.02. The summed E-state index contributed by atoms with van der Waals surface area (Å²) in [6, 6.07) is 0. The van der Waals surface area contributed by atoms with Gasteiger partial charge in [0.2, 0.25) is 5.91 Å². The summed E-state index contributed by atoms with van der Waals surface area (Å²) < 4.78 is 0. The molecule has 1 unspecified atom stereocenters. The summed E-state index contributed by atoms with van der Waals surface area (Å²) in [5.41, 5.74) is 0. The Bertz CT molecular complexity index is 217. The topological polar surface area (TPSA) is 29.1 Å². The molecule has 0 aromatic carbocycles. The van der Waals surface area contributed by atoms with Crippen molar-refractivity contribution >= 4 is 19.9 Å². The zero-order chi connectivity index (χ0) is 8.10. The van der Waals surface area contributed by atoms with E-state index in [1.54, 1.807) is 0 Å². The van der Waals surface area contributed by atoms with Gasteiger partial charge in [-0.15, -0.1) is 12.3 Å². The van der Waals surface area contributed by atoms with Gasteiger partial charge in [0.15, 0.2) is 0 Å². The highest BCUT2D eigenvalue weighted by molar-refractivity contribution is 7.41. The van der Waals surface area contributed by atoms with Crippen LogP contribution in [0.2, 0.25) is 0 Å². The summed E-state index contributed by atoms with van der Waals surface area (Å²) in [5.74, 6) is 5.01. The Balaban J connectivity index is 2.11. The first-order valence-corrected chi connectivity index (χ1v) is 4.60. The average molecular weight is 167 g/mol. The minimum absolute atomic E-state index is 0.0774. The lowest BCUT2D eigenvalue weighted by molar-refractivity contribution is -0.121. The second-order valence-corrected chi connectivity index (χ2v) is 3.64. The lowest BCUT2D eigenvalue weighted by atomic mass is 10.3. The number of hydrogen-bond donors (Lipinski definition) is 1. The normalized spacial score (nSPS) is 21.5. The largest absolute Gasteiger partial charge is 0.345 e. The van der Waals surface area contributed by atoms with Crippen LogP contribution in [0.15, 0.2) is 0 Å². The summed E-state index contributed by atoms with van der Waals surface area (Å²) in [6.45, 7) is 0. The van der Waals surface area contributed by atoms with Gasteiger partial charge in [0.25, 0.3) is 0 Å². The molecular weight excluding hydrogens is 157 g/mol. The predicted molar refractivity (Wildman–Crippen MR) is 47.6 cm³/mol. The van der Waals surface area contributed by atoms with E-state index in [1.807, 2.05) is 0 Å². The third-order valence-corrected chi connectivity index (χ3v) is 2.56. The number of carbonyl (C=O) groups excluding carboxylic acids is 1. The molecule has 0 aliphatic carbocycles. The SMILES string of the molecule is C#CCCC(=O)NC1CC=P1. The fourth-order valence-corrected chi connectivity index (χ4v) is 1.39. The Kier molecular flexibility index (Phi) is 3.14. The minimum Gasteiger partial charge on any atom is -0.345 e. The van der Waals surface area contributed by atoms with E-state index in [0.717, 1.165) is 6.42 Å². The van der Waals surface area contributed by atoms with Crippen molar-refractivity contribution in [2.24, 2.45) is 0 Å². The second kappa shape index (κ2) is 4.16. The minimum atomic E-state index is 0.0774. The molecule has 1 amide bonds. The molecule has 0 spiro atoms. The maximum atomic E-state index is 11.0. The van der Waals surface area contributed by atoms with Crippen molar-refractivity contribution in [1.82, 2.24) is 5.32 Å². The Morgan fingerprint density at radius 2 is 2.64 bits per heavy atom. The second-order valence-electron chi connectivity index (χ2n) is 2.35. The molecule has 0 aromatic rings. The number of amides is 1. The van der Waals surface area contributed by atoms with E-state index in [2.05, 4.69) is 17.0 Å². The van der Waals surface area contributed by atoms with Crippen molar-refractivity contribution < 1.29 is 4.79 Å². The van der Waals surface area contributed by atoms with Gasteiger partial charge < -0.3 is 5.32 Å². The summed E-state index contributed by atoms with van der Waals surface area (Å²) in [7, 11) is 1.23. The zero-order valence-electron chi connectivity index (χ0n) is 6.21. The van der Waals surface area contributed by atoms with Crippen LogP contribution in [0.3, 0.4) is 0 Å². The molecule has 0 saturated heterocycles. The van der Waals surface area contributed by atoms with E-state index < -0.39 is 0 Å². The quantitative estimate of drug-likeness (QED) is 0.493. The molecule has 1 heterocycles. The highest BCUT2D eigenvalue weighted by Gasteiger charge is 2.12. The van der Waals surface area contributed by atoms with Crippen LogP contribution in [0, 0.1) is 12.3 Å². The maximum absolute atomic E-state index is 11.0. The van der Waals surface area contributed by atoms with Gasteiger partial charge in [-0.1, -0.05) is 14.0 Å². The number of nitrogens with one attached hydrogen (secondary N) is 1. The van der Waals surface area contributed by atoms with Crippen molar-refractivity contribution in [3.05, 3.63) is 0 Å².